The summed E-state index contributed by atoms with van der Waals surface area (Å²) in [7, 11) is 7.64. The summed E-state index contributed by atoms with van der Waals surface area (Å²) in [5.41, 5.74) is 1.53. The van der Waals surface area contributed by atoms with Crippen LogP contribution in [0.15, 0.2) is 100 Å². The highest BCUT2D eigenvalue weighted by Crippen LogP contribution is 2.44. The Hall–Kier alpha value is -4.20. The van der Waals surface area contributed by atoms with Gasteiger partial charge in [0, 0.05) is 48.3 Å². The lowest BCUT2D eigenvalue weighted by Crippen LogP contribution is -2.37. The van der Waals surface area contributed by atoms with Gasteiger partial charge in [-0.05, 0) is 104 Å². The maximum absolute atomic E-state index is 12.5. The Kier molecular flexibility index (Phi) is 29.2. The quantitative estimate of drug-likeness (QED) is 0.0109. The molecule has 3 N–H and O–H groups in total. The molecule has 3 aromatic rings. The number of nitrogens with one attached hydrogen (secondary N) is 3. The standard InChI is InChI=1S/C24H33N3O4S2.C15H17N3O4S2.2C2H6/c1-3-4-12-22(27(29)30)18(2)33-26-21-11-7-8-13-23(21)31-24(28)15-14-20(16-17-32)25-19-9-5-6-10-19;1-16-9-10-7-12(21-2)13(22-3)8-14(10)23-24-15-11(18(19)20)5-4-6-17-15;2*1-2/h3-4,7-8,11-13,19-20,25-26,32H,1,5-6,9-10,14-17H2,2H3;4-8,16H,9H2,1-3H3;2*1-2H3/b12-4-,22-18-;;;. The largest absolute Gasteiger partial charge is 0.493 e. The van der Waals surface area contributed by atoms with Crippen molar-refractivity contribution < 1.29 is 28.9 Å². The number of hydrogen-bond acceptors (Lipinski definition) is 16. The van der Waals surface area contributed by atoms with Crippen LogP contribution in [-0.2, 0) is 11.3 Å². The van der Waals surface area contributed by atoms with Crippen molar-refractivity contribution in [2.45, 2.75) is 108 Å². The number of rotatable bonds is 22. The summed E-state index contributed by atoms with van der Waals surface area (Å²) < 4.78 is 19.3. The van der Waals surface area contributed by atoms with E-state index in [-0.39, 0.29) is 23.4 Å². The van der Waals surface area contributed by atoms with Crippen molar-refractivity contribution in [3.63, 3.8) is 0 Å². The number of pyridine rings is 1. The van der Waals surface area contributed by atoms with Crippen molar-refractivity contribution in [1.29, 1.82) is 0 Å². The fraction of sp³-hybridized carbons (Fsp3) is 0.442. The summed E-state index contributed by atoms with van der Waals surface area (Å²) in [6.07, 6.45) is 12.7. The Morgan fingerprint density at radius 1 is 1.00 bits per heavy atom. The highest BCUT2D eigenvalue weighted by atomic mass is 33.1. The van der Waals surface area contributed by atoms with Crippen molar-refractivity contribution in [3.8, 4) is 17.2 Å². The average Bonchev–Trinajstić information content (AvgIpc) is 3.79. The van der Waals surface area contributed by atoms with Crippen LogP contribution >= 0.6 is 46.2 Å². The van der Waals surface area contributed by atoms with Crippen LogP contribution in [0.25, 0.3) is 0 Å². The molecule has 1 heterocycles. The molecule has 1 unspecified atom stereocenters. The third-order valence-electron chi connectivity index (χ3n) is 8.47. The van der Waals surface area contributed by atoms with Crippen molar-refractivity contribution in [1.82, 2.24) is 15.6 Å². The van der Waals surface area contributed by atoms with Crippen LogP contribution in [0.4, 0.5) is 11.4 Å². The Bertz CT molecular complexity index is 1860. The number of ether oxygens (including phenoxy) is 3. The number of para-hydroxylation sites is 2. The molecular weight excluding hydrogens is 857 g/mol. The van der Waals surface area contributed by atoms with Gasteiger partial charge < -0.3 is 29.6 Å². The van der Waals surface area contributed by atoms with Gasteiger partial charge >= 0.3 is 11.7 Å². The third kappa shape index (κ3) is 20.0. The molecule has 14 nitrogen and oxygen atoms in total. The summed E-state index contributed by atoms with van der Waals surface area (Å²) in [5.74, 6) is 2.10. The SMILES string of the molecule is C=C/C=C\C(=C(/C)SNc1ccccc1OC(=O)CCC(CCS)NC1CCCC1)[N+](=O)[O-].CC.CC.CNCc1cc(OC)c(OC)cc1SSc1ncccc1[N+](=O)[O-]. The smallest absolute Gasteiger partial charge is 0.311 e. The van der Waals surface area contributed by atoms with Crippen LogP contribution in [0, 0.1) is 20.2 Å². The second kappa shape index (κ2) is 32.5. The Balaban J connectivity index is 0.000000587. The summed E-state index contributed by atoms with van der Waals surface area (Å²) in [6.45, 7) is 13.8. The normalized spacial score (nSPS) is 12.9. The predicted molar refractivity (Wildman–Crippen MR) is 257 cm³/mol. The molecule has 1 aliphatic carbocycles. The number of methoxy groups -OCH3 is 2. The fourth-order valence-corrected chi connectivity index (χ4v) is 8.87. The lowest BCUT2D eigenvalue weighted by atomic mass is 10.1. The lowest BCUT2D eigenvalue weighted by molar-refractivity contribution is -0.419. The van der Waals surface area contributed by atoms with Gasteiger partial charge in [-0.1, -0.05) is 82.2 Å². The van der Waals surface area contributed by atoms with E-state index in [0.717, 1.165) is 34.6 Å². The van der Waals surface area contributed by atoms with Gasteiger partial charge in [0.1, 0.15) is 0 Å². The van der Waals surface area contributed by atoms with Crippen LogP contribution < -0.4 is 29.6 Å². The number of nitrogens with zero attached hydrogens (tertiary/aromatic N) is 3. The summed E-state index contributed by atoms with van der Waals surface area (Å²) in [5, 5.41) is 29.5. The van der Waals surface area contributed by atoms with Gasteiger partial charge in [-0.3, -0.25) is 25.0 Å². The first-order valence-electron chi connectivity index (χ1n) is 20.1. The second-order valence-electron chi connectivity index (χ2n) is 12.5. The first kappa shape index (κ1) is 54.8. The number of anilines is 1. The number of esters is 1. The Morgan fingerprint density at radius 2 is 1.67 bits per heavy atom. The molecule has 336 valence electrons. The molecule has 1 atom stereocenters. The number of nitro groups is 2. The van der Waals surface area contributed by atoms with E-state index in [1.807, 2.05) is 46.9 Å². The molecule has 0 amide bonds. The molecule has 18 heteroatoms. The second-order valence-corrected chi connectivity index (χ2v) is 16.1. The van der Waals surface area contributed by atoms with Crippen molar-refractivity contribution >= 4 is 63.5 Å². The lowest BCUT2D eigenvalue weighted by Gasteiger charge is -2.22. The van der Waals surface area contributed by atoms with E-state index < -0.39 is 9.85 Å². The van der Waals surface area contributed by atoms with Crippen LogP contribution in [0.3, 0.4) is 0 Å². The first-order chi connectivity index (χ1) is 29.5. The van der Waals surface area contributed by atoms with Gasteiger partial charge in [0.2, 0.25) is 0 Å². The number of allylic oxidation sites excluding steroid dienone is 4. The van der Waals surface area contributed by atoms with E-state index in [0.29, 0.717) is 58.3 Å². The Morgan fingerprint density at radius 3 is 2.28 bits per heavy atom. The molecule has 0 aliphatic heterocycles. The molecule has 1 saturated carbocycles. The van der Waals surface area contributed by atoms with Crippen LogP contribution in [0.1, 0.15) is 85.1 Å². The predicted octanol–water partition coefficient (Wildman–Crippen LogP) is 11.5. The first-order valence-corrected chi connectivity index (χ1v) is 23.7. The van der Waals surface area contributed by atoms with E-state index in [2.05, 4.69) is 39.5 Å². The molecule has 0 saturated heterocycles. The molecule has 1 aliphatic rings. The molecule has 1 fully saturated rings. The summed E-state index contributed by atoms with van der Waals surface area (Å²) >= 11 is 5.45. The summed E-state index contributed by atoms with van der Waals surface area (Å²) in [6, 6.07) is 14.6. The minimum Gasteiger partial charge on any atom is -0.493 e. The fourth-order valence-electron chi connectivity index (χ4n) is 5.63. The number of carbonyl (C=O) groups excluding carboxylic acids is 1. The zero-order valence-corrected chi connectivity index (χ0v) is 39.8. The highest BCUT2D eigenvalue weighted by Gasteiger charge is 2.21. The molecular formula is C43H62N6O8S4. The molecule has 0 spiro atoms. The zero-order chi connectivity index (χ0) is 45.6. The van der Waals surface area contributed by atoms with Gasteiger partial charge in [0.25, 0.3) is 5.70 Å². The van der Waals surface area contributed by atoms with Gasteiger partial charge in [-0.2, -0.15) is 12.6 Å². The van der Waals surface area contributed by atoms with E-state index in [9.17, 15) is 25.0 Å². The zero-order valence-electron chi connectivity index (χ0n) is 36.4. The molecule has 2 aromatic carbocycles. The van der Waals surface area contributed by atoms with Crippen molar-refractivity contribution in [2.24, 2.45) is 0 Å². The van der Waals surface area contributed by atoms with Crippen LogP contribution in [-0.4, -0.2) is 59.9 Å². The summed E-state index contributed by atoms with van der Waals surface area (Å²) in [4.78, 5) is 39.5. The average molecular weight is 919 g/mol. The van der Waals surface area contributed by atoms with E-state index in [4.69, 9.17) is 14.2 Å². The van der Waals surface area contributed by atoms with Crippen LogP contribution in [0.2, 0.25) is 0 Å². The highest BCUT2D eigenvalue weighted by molar-refractivity contribution is 8.76. The third-order valence-corrected chi connectivity index (χ3v) is 11.9. The van der Waals surface area contributed by atoms with Crippen molar-refractivity contribution in [3.05, 3.63) is 116 Å². The monoisotopic (exact) mass is 918 g/mol. The Labute approximate surface area is 379 Å². The van der Waals surface area contributed by atoms with E-state index in [1.54, 1.807) is 57.7 Å². The molecule has 4 rings (SSSR count). The minimum atomic E-state index is -0.448. The topological polar surface area (TPSA) is 180 Å². The number of hydrogen-bond donors (Lipinski definition) is 4. The van der Waals surface area contributed by atoms with Gasteiger partial charge in [-0.25, -0.2) is 4.98 Å². The molecule has 0 radical (unpaired) electrons. The molecule has 1 aromatic heterocycles. The van der Waals surface area contributed by atoms with Crippen LogP contribution in [0.5, 0.6) is 17.2 Å². The number of carbonyl (C=O) groups is 1. The maximum Gasteiger partial charge on any atom is 0.311 e. The maximum atomic E-state index is 12.5. The minimum absolute atomic E-state index is 0.00866. The van der Waals surface area contributed by atoms with Gasteiger partial charge in [0.15, 0.2) is 22.3 Å². The van der Waals surface area contributed by atoms with Gasteiger partial charge in [-0.15, -0.1) is 0 Å². The number of aromatic nitrogens is 1. The van der Waals surface area contributed by atoms with Crippen molar-refractivity contribution in [2.75, 3.05) is 31.7 Å². The van der Waals surface area contributed by atoms with E-state index >= 15 is 0 Å². The number of thiol groups is 1. The van der Waals surface area contributed by atoms with Gasteiger partial charge in [0.05, 0.1) is 34.7 Å². The van der Waals surface area contributed by atoms with E-state index in [1.165, 1.54) is 71.6 Å². The number of benzene rings is 2. The molecule has 0 bridgehead atoms. The molecule has 61 heavy (non-hydrogen) atoms.